The Balaban J connectivity index is 2.26. The van der Waals surface area contributed by atoms with Crippen molar-refractivity contribution >= 4 is 5.91 Å². The highest BCUT2D eigenvalue weighted by molar-refractivity contribution is 5.79. The van der Waals surface area contributed by atoms with E-state index < -0.39 is 0 Å². The van der Waals surface area contributed by atoms with E-state index in [4.69, 9.17) is 0 Å². The van der Waals surface area contributed by atoms with Crippen molar-refractivity contribution in [1.29, 1.82) is 0 Å². The van der Waals surface area contributed by atoms with E-state index in [2.05, 4.69) is 19.2 Å². The Morgan fingerprint density at radius 2 is 2.14 bits per heavy atom. The van der Waals surface area contributed by atoms with Gasteiger partial charge in [-0.1, -0.05) is 13.8 Å². The molecule has 1 spiro atoms. The fraction of sp³-hybridized carbons (Fsp3) is 0.909. The van der Waals surface area contributed by atoms with Crippen LogP contribution in [0.3, 0.4) is 0 Å². The first kappa shape index (κ1) is 9.97. The number of amides is 1. The lowest BCUT2D eigenvalue weighted by Crippen LogP contribution is -2.52. The summed E-state index contributed by atoms with van der Waals surface area (Å²) in [5.74, 6) is 0.319. The summed E-state index contributed by atoms with van der Waals surface area (Å²) in [4.78, 5) is 13.5. The Bertz CT molecular complexity index is 262. The Kier molecular flexibility index (Phi) is 2.11. The van der Waals surface area contributed by atoms with Crippen molar-refractivity contribution in [2.75, 3.05) is 26.7 Å². The number of nitrogens with one attached hydrogen (secondary N) is 1. The summed E-state index contributed by atoms with van der Waals surface area (Å²) in [6, 6.07) is 0. The van der Waals surface area contributed by atoms with E-state index in [-0.39, 0.29) is 10.8 Å². The summed E-state index contributed by atoms with van der Waals surface area (Å²) < 4.78 is 0. The number of hydrogen-bond acceptors (Lipinski definition) is 2. The molecule has 1 N–H and O–H groups in total. The zero-order chi connectivity index (χ0) is 10.4. The first-order chi connectivity index (χ1) is 6.47. The number of carbonyl (C=O) groups is 1. The maximum absolute atomic E-state index is 11.6. The van der Waals surface area contributed by atoms with E-state index >= 15 is 0 Å². The molecule has 2 fully saturated rings. The number of piperidine rings is 1. The van der Waals surface area contributed by atoms with Crippen LogP contribution in [0.1, 0.15) is 26.7 Å². The van der Waals surface area contributed by atoms with Crippen molar-refractivity contribution in [2.24, 2.45) is 10.8 Å². The smallest absolute Gasteiger partial charge is 0.222 e. The topological polar surface area (TPSA) is 32.3 Å². The molecule has 2 rings (SSSR count). The van der Waals surface area contributed by atoms with Gasteiger partial charge < -0.3 is 10.2 Å². The second-order valence-corrected chi connectivity index (χ2v) is 5.52. The van der Waals surface area contributed by atoms with Crippen LogP contribution < -0.4 is 5.32 Å². The van der Waals surface area contributed by atoms with Gasteiger partial charge in [-0.15, -0.1) is 0 Å². The molecule has 0 aromatic heterocycles. The minimum atomic E-state index is 0.226. The minimum Gasteiger partial charge on any atom is -0.345 e. The molecular formula is C11H20N2O. The predicted molar refractivity (Wildman–Crippen MR) is 56.0 cm³/mol. The van der Waals surface area contributed by atoms with E-state index in [9.17, 15) is 4.79 Å². The third kappa shape index (κ3) is 1.26. The molecule has 0 aromatic carbocycles. The molecule has 0 bridgehead atoms. The van der Waals surface area contributed by atoms with Gasteiger partial charge in [0.05, 0.1) is 0 Å². The van der Waals surface area contributed by atoms with Gasteiger partial charge >= 0.3 is 0 Å². The van der Waals surface area contributed by atoms with Gasteiger partial charge in [-0.25, -0.2) is 0 Å². The molecule has 3 nitrogen and oxygen atoms in total. The van der Waals surface area contributed by atoms with Crippen LogP contribution in [0.4, 0.5) is 0 Å². The lowest BCUT2D eigenvalue weighted by Gasteiger charge is -2.47. The molecule has 0 saturated carbocycles. The van der Waals surface area contributed by atoms with Gasteiger partial charge in [-0.3, -0.25) is 4.79 Å². The van der Waals surface area contributed by atoms with Crippen molar-refractivity contribution in [3.63, 3.8) is 0 Å². The first-order valence-electron chi connectivity index (χ1n) is 5.42. The van der Waals surface area contributed by atoms with Crippen molar-refractivity contribution in [3.05, 3.63) is 0 Å². The quantitative estimate of drug-likeness (QED) is 0.623. The van der Waals surface area contributed by atoms with Crippen molar-refractivity contribution in [1.82, 2.24) is 10.2 Å². The van der Waals surface area contributed by atoms with E-state index in [1.54, 1.807) is 0 Å². The van der Waals surface area contributed by atoms with Crippen LogP contribution in [-0.2, 0) is 4.79 Å². The molecule has 1 atom stereocenters. The Labute approximate surface area is 85.8 Å². The molecule has 1 amide bonds. The fourth-order valence-electron chi connectivity index (χ4n) is 2.90. The van der Waals surface area contributed by atoms with Gasteiger partial charge in [0.1, 0.15) is 0 Å². The minimum absolute atomic E-state index is 0.226. The van der Waals surface area contributed by atoms with Crippen LogP contribution in [0.2, 0.25) is 0 Å². The van der Waals surface area contributed by atoms with Crippen LogP contribution in [0, 0.1) is 10.8 Å². The molecule has 0 radical (unpaired) electrons. The van der Waals surface area contributed by atoms with Gasteiger partial charge in [-0.05, 0) is 18.4 Å². The van der Waals surface area contributed by atoms with E-state index in [1.807, 2.05) is 11.9 Å². The Morgan fingerprint density at radius 1 is 1.43 bits per heavy atom. The van der Waals surface area contributed by atoms with E-state index in [1.165, 1.54) is 0 Å². The molecule has 1 unspecified atom stereocenters. The van der Waals surface area contributed by atoms with Crippen molar-refractivity contribution in [2.45, 2.75) is 26.7 Å². The average molecular weight is 196 g/mol. The van der Waals surface area contributed by atoms with Crippen LogP contribution >= 0.6 is 0 Å². The summed E-state index contributed by atoms with van der Waals surface area (Å²) >= 11 is 0. The predicted octanol–water partition coefficient (Wildman–Crippen LogP) is 0.854. The largest absolute Gasteiger partial charge is 0.345 e. The van der Waals surface area contributed by atoms with Crippen LogP contribution in [0.25, 0.3) is 0 Å². The maximum atomic E-state index is 11.6. The van der Waals surface area contributed by atoms with Crippen LogP contribution in [0.5, 0.6) is 0 Å². The first-order valence-corrected chi connectivity index (χ1v) is 5.42. The summed E-state index contributed by atoms with van der Waals surface area (Å²) in [6.45, 7) is 7.61. The molecule has 0 aromatic rings. The zero-order valence-electron chi connectivity index (χ0n) is 9.39. The number of nitrogens with zero attached hydrogens (tertiary/aromatic N) is 1. The third-order valence-corrected chi connectivity index (χ3v) is 4.24. The molecular weight excluding hydrogens is 176 g/mol. The monoisotopic (exact) mass is 196 g/mol. The maximum Gasteiger partial charge on any atom is 0.222 e. The van der Waals surface area contributed by atoms with Gasteiger partial charge in [0.15, 0.2) is 0 Å². The molecule has 2 heterocycles. The van der Waals surface area contributed by atoms with Gasteiger partial charge in [0.2, 0.25) is 5.91 Å². The Hall–Kier alpha value is -0.570. The second kappa shape index (κ2) is 2.96. The standard InChI is InChI=1S/C11H20N2O/c1-10(2)7-12-5-4-11(10)6-9(14)13(3)8-11/h12H,4-8H2,1-3H3. The van der Waals surface area contributed by atoms with Crippen LogP contribution in [-0.4, -0.2) is 37.5 Å². The molecule has 3 heteroatoms. The van der Waals surface area contributed by atoms with Gasteiger partial charge in [0, 0.05) is 32.0 Å². The lowest BCUT2D eigenvalue weighted by molar-refractivity contribution is -0.127. The molecule has 80 valence electrons. The van der Waals surface area contributed by atoms with Gasteiger partial charge in [-0.2, -0.15) is 0 Å². The average Bonchev–Trinajstić information content (AvgIpc) is 2.37. The van der Waals surface area contributed by atoms with Crippen molar-refractivity contribution in [3.8, 4) is 0 Å². The number of carbonyl (C=O) groups excluding carboxylic acids is 1. The fourth-order valence-corrected chi connectivity index (χ4v) is 2.90. The highest BCUT2D eigenvalue weighted by Crippen LogP contribution is 2.49. The molecule has 0 aliphatic carbocycles. The number of likely N-dealkylation sites (tertiary alicyclic amines) is 1. The normalized spacial score (nSPS) is 36.8. The Morgan fingerprint density at radius 3 is 2.64 bits per heavy atom. The third-order valence-electron chi connectivity index (χ3n) is 4.24. The van der Waals surface area contributed by atoms with E-state index in [0.29, 0.717) is 5.91 Å². The zero-order valence-corrected chi connectivity index (χ0v) is 9.39. The summed E-state index contributed by atoms with van der Waals surface area (Å²) in [6.07, 6.45) is 1.88. The SMILES string of the molecule is CN1CC2(CCNCC2(C)C)CC1=O. The lowest BCUT2D eigenvalue weighted by atomic mass is 9.61. The second-order valence-electron chi connectivity index (χ2n) is 5.52. The summed E-state index contributed by atoms with van der Waals surface area (Å²) in [5, 5.41) is 3.43. The molecule has 2 saturated heterocycles. The highest BCUT2D eigenvalue weighted by atomic mass is 16.2. The van der Waals surface area contributed by atoms with Crippen LogP contribution in [0.15, 0.2) is 0 Å². The van der Waals surface area contributed by atoms with Gasteiger partial charge in [0.25, 0.3) is 0 Å². The number of rotatable bonds is 0. The number of hydrogen-bond donors (Lipinski definition) is 1. The summed E-state index contributed by atoms with van der Waals surface area (Å²) in [5.41, 5.74) is 0.468. The van der Waals surface area contributed by atoms with E-state index in [0.717, 1.165) is 32.5 Å². The summed E-state index contributed by atoms with van der Waals surface area (Å²) in [7, 11) is 1.93. The molecule has 2 aliphatic rings. The highest BCUT2D eigenvalue weighted by Gasteiger charge is 2.52. The molecule has 14 heavy (non-hydrogen) atoms. The van der Waals surface area contributed by atoms with Crippen molar-refractivity contribution < 1.29 is 4.79 Å². The molecule has 2 aliphatic heterocycles.